The number of piperidine rings is 1. The topological polar surface area (TPSA) is 105 Å². The van der Waals surface area contributed by atoms with Gasteiger partial charge in [0.15, 0.2) is 5.65 Å². The number of H-pyrrole nitrogens is 1. The zero-order valence-electron chi connectivity index (χ0n) is 15.0. The Kier molecular flexibility index (Phi) is 4.11. The molecule has 148 valence electrons. The Morgan fingerprint density at radius 1 is 1.29 bits per heavy atom. The minimum atomic E-state index is -2.68. The molecular formula is C17H20F2N8O. The van der Waals surface area contributed by atoms with Crippen molar-refractivity contribution in [2.75, 3.05) is 18.4 Å². The van der Waals surface area contributed by atoms with E-state index < -0.39 is 12.0 Å². The van der Waals surface area contributed by atoms with Gasteiger partial charge in [0.05, 0.1) is 12.4 Å². The lowest BCUT2D eigenvalue weighted by molar-refractivity contribution is -0.135. The highest BCUT2D eigenvalue weighted by Crippen LogP contribution is 2.41. The number of ether oxygens (including phenoxy) is 1. The lowest BCUT2D eigenvalue weighted by Gasteiger charge is -2.34. The van der Waals surface area contributed by atoms with E-state index in [2.05, 4.69) is 35.9 Å². The van der Waals surface area contributed by atoms with Gasteiger partial charge in [-0.3, -0.25) is 5.10 Å². The van der Waals surface area contributed by atoms with Crippen LogP contribution >= 0.6 is 0 Å². The molecule has 5 rings (SSSR count). The highest BCUT2D eigenvalue weighted by Gasteiger charge is 2.47. The summed E-state index contributed by atoms with van der Waals surface area (Å²) >= 11 is 0. The molecule has 2 fully saturated rings. The minimum Gasteiger partial charge on any atom is -0.472 e. The number of aromatic amines is 1. The highest BCUT2D eigenvalue weighted by molar-refractivity contribution is 5.65. The van der Waals surface area contributed by atoms with E-state index in [1.54, 1.807) is 18.6 Å². The van der Waals surface area contributed by atoms with E-state index in [9.17, 15) is 8.78 Å². The first kappa shape index (κ1) is 17.3. The van der Waals surface area contributed by atoms with E-state index in [-0.39, 0.29) is 18.9 Å². The second kappa shape index (κ2) is 6.66. The van der Waals surface area contributed by atoms with Gasteiger partial charge in [0.25, 0.3) is 5.92 Å². The molecule has 0 aromatic carbocycles. The van der Waals surface area contributed by atoms with Crippen molar-refractivity contribution in [2.45, 2.75) is 43.8 Å². The molecular weight excluding hydrogens is 370 g/mol. The maximum absolute atomic E-state index is 13.3. The fourth-order valence-electron chi connectivity index (χ4n) is 3.59. The number of anilines is 1. The van der Waals surface area contributed by atoms with Gasteiger partial charge in [-0.1, -0.05) is 0 Å². The first-order chi connectivity index (χ1) is 13.6. The summed E-state index contributed by atoms with van der Waals surface area (Å²) in [7, 11) is 0. The zero-order chi connectivity index (χ0) is 19.1. The van der Waals surface area contributed by atoms with Gasteiger partial charge >= 0.3 is 0 Å². The molecule has 0 radical (unpaired) electrons. The average molecular weight is 390 g/mol. The lowest BCUT2D eigenvalue weighted by Crippen LogP contribution is -2.43. The lowest BCUT2D eigenvalue weighted by atomic mass is 9.91. The summed E-state index contributed by atoms with van der Waals surface area (Å²) in [5, 5.41) is 17.8. The first-order valence-electron chi connectivity index (χ1n) is 9.34. The Balaban J connectivity index is 1.49. The summed E-state index contributed by atoms with van der Waals surface area (Å²) in [6, 6.07) is 0.238. The van der Waals surface area contributed by atoms with Crippen LogP contribution in [0.2, 0.25) is 0 Å². The quantitative estimate of drug-likeness (QED) is 0.611. The summed E-state index contributed by atoms with van der Waals surface area (Å²) in [4.78, 5) is 8.89. The SMILES string of the molecule is FC1(F)CC(Oc2c(-c3cn[nH]c3)ncc3nc(N[C@@H]4CCCNC4)nn23)C1. The summed E-state index contributed by atoms with van der Waals surface area (Å²) in [6.45, 7) is 1.85. The molecule has 1 saturated heterocycles. The van der Waals surface area contributed by atoms with Crippen LogP contribution in [0.15, 0.2) is 18.6 Å². The number of rotatable bonds is 5. The predicted molar refractivity (Wildman–Crippen MR) is 96.5 cm³/mol. The maximum atomic E-state index is 13.3. The van der Waals surface area contributed by atoms with E-state index >= 15 is 0 Å². The van der Waals surface area contributed by atoms with E-state index in [4.69, 9.17) is 4.74 Å². The van der Waals surface area contributed by atoms with Crippen molar-refractivity contribution in [3.63, 3.8) is 0 Å². The van der Waals surface area contributed by atoms with Crippen molar-refractivity contribution in [3.05, 3.63) is 18.6 Å². The van der Waals surface area contributed by atoms with Gasteiger partial charge in [0, 0.05) is 37.2 Å². The first-order valence-corrected chi connectivity index (χ1v) is 9.34. The van der Waals surface area contributed by atoms with Gasteiger partial charge in [-0.05, 0) is 19.4 Å². The van der Waals surface area contributed by atoms with E-state index in [1.807, 2.05) is 0 Å². The van der Waals surface area contributed by atoms with Crippen LogP contribution in [-0.4, -0.2) is 60.9 Å². The largest absolute Gasteiger partial charge is 0.472 e. The molecule has 2 aliphatic rings. The molecule has 9 nitrogen and oxygen atoms in total. The van der Waals surface area contributed by atoms with E-state index in [1.165, 1.54) is 4.52 Å². The van der Waals surface area contributed by atoms with Crippen LogP contribution in [-0.2, 0) is 0 Å². The Hall–Kier alpha value is -2.82. The molecule has 4 heterocycles. The highest BCUT2D eigenvalue weighted by atomic mass is 19.3. The summed E-state index contributed by atoms with van der Waals surface area (Å²) in [5.74, 6) is -1.92. The molecule has 0 bridgehead atoms. The molecule has 0 amide bonds. The molecule has 3 N–H and O–H groups in total. The van der Waals surface area contributed by atoms with Crippen molar-refractivity contribution < 1.29 is 13.5 Å². The van der Waals surface area contributed by atoms with Crippen LogP contribution in [0.5, 0.6) is 5.88 Å². The molecule has 1 atom stereocenters. The monoisotopic (exact) mass is 390 g/mol. The Bertz CT molecular complexity index is 959. The fourth-order valence-corrected chi connectivity index (χ4v) is 3.59. The van der Waals surface area contributed by atoms with Crippen molar-refractivity contribution in [1.29, 1.82) is 0 Å². The molecule has 28 heavy (non-hydrogen) atoms. The van der Waals surface area contributed by atoms with Gasteiger partial charge in [-0.2, -0.15) is 14.6 Å². The number of halogens is 2. The molecule has 0 unspecified atom stereocenters. The smallest absolute Gasteiger partial charge is 0.255 e. The minimum absolute atomic E-state index is 0.238. The van der Waals surface area contributed by atoms with Gasteiger partial charge in [0.2, 0.25) is 11.8 Å². The third-order valence-corrected chi connectivity index (χ3v) is 5.07. The van der Waals surface area contributed by atoms with Crippen molar-refractivity contribution in [3.8, 4) is 17.1 Å². The van der Waals surface area contributed by atoms with Crippen LogP contribution in [0.3, 0.4) is 0 Å². The summed E-state index contributed by atoms with van der Waals surface area (Å²) < 4.78 is 34.0. The molecule has 1 aliphatic heterocycles. The number of hydrogen-bond acceptors (Lipinski definition) is 7. The molecule has 1 aliphatic carbocycles. The van der Waals surface area contributed by atoms with Crippen LogP contribution in [0.1, 0.15) is 25.7 Å². The number of alkyl halides is 2. The number of hydrogen-bond donors (Lipinski definition) is 3. The molecule has 11 heteroatoms. The molecule has 0 spiro atoms. The van der Waals surface area contributed by atoms with Crippen molar-refractivity contribution >= 4 is 11.6 Å². The van der Waals surface area contributed by atoms with Crippen LogP contribution in [0, 0.1) is 0 Å². The van der Waals surface area contributed by atoms with Gasteiger partial charge < -0.3 is 15.4 Å². The van der Waals surface area contributed by atoms with Gasteiger partial charge in [0.1, 0.15) is 11.8 Å². The van der Waals surface area contributed by atoms with Crippen LogP contribution in [0.4, 0.5) is 14.7 Å². The number of aromatic nitrogens is 6. The molecule has 3 aromatic rings. The third-order valence-electron chi connectivity index (χ3n) is 5.07. The Labute approximate surface area is 158 Å². The normalized spacial score (nSPS) is 22.1. The van der Waals surface area contributed by atoms with E-state index in [0.29, 0.717) is 28.7 Å². The second-order valence-corrected chi connectivity index (χ2v) is 7.30. The number of nitrogens with zero attached hydrogens (tertiary/aromatic N) is 5. The summed E-state index contributed by atoms with van der Waals surface area (Å²) in [5.41, 5.74) is 1.65. The third kappa shape index (κ3) is 3.26. The fraction of sp³-hybridized carbons (Fsp3) is 0.529. The second-order valence-electron chi connectivity index (χ2n) is 7.30. The van der Waals surface area contributed by atoms with Crippen molar-refractivity contribution in [2.24, 2.45) is 0 Å². The number of nitrogens with one attached hydrogen (secondary N) is 3. The van der Waals surface area contributed by atoms with Crippen LogP contribution in [0.25, 0.3) is 16.9 Å². The van der Waals surface area contributed by atoms with E-state index in [0.717, 1.165) is 25.9 Å². The maximum Gasteiger partial charge on any atom is 0.255 e. The molecule has 1 saturated carbocycles. The van der Waals surface area contributed by atoms with Gasteiger partial charge in [-0.15, -0.1) is 5.10 Å². The molecule has 3 aromatic heterocycles. The van der Waals surface area contributed by atoms with Crippen molar-refractivity contribution in [1.82, 2.24) is 35.1 Å². The Morgan fingerprint density at radius 2 is 2.18 bits per heavy atom. The standard InChI is InChI=1S/C17H20F2N8O/c18-17(19)4-12(5-17)28-15-14(10-6-22-23-7-10)21-9-13-25-16(26-27(13)15)24-11-2-1-3-20-8-11/h6-7,9,11-12,20H,1-5,8H2,(H,22,23)(H,24,26)/t11-/m1/s1. The summed E-state index contributed by atoms with van der Waals surface area (Å²) in [6.07, 6.45) is 5.74. The van der Waals surface area contributed by atoms with Gasteiger partial charge in [-0.25, -0.2) is 13.8 Å². The Morgan fingerprint density at radius 3 is 2.89 bits per heavy atom. The predicted octanol–water partition coefficient (Wildman–Crippen LogP) is 1.85. The number of fused-ring (bicyclic) bond motifs is 1. The van der Waals surface area contributed by atoms with Crippen LogP contribution < -0.4 is 15.4 Å². The average Bonchev–Trinajstić information content (AvgIpc) is 3.31. The zero-order valence-corrected chi connectivity index (χ0v) is 15.0.